The number of nitrogen functional groups attached to an aromatic ring is 1. The third-order valence-corrected chi connectivity index (χ3v) is 3.16. The van der Waals surface area contributed by atoms with Crippen molar-refractivity contribution in [1.82, 2.24) is 0 Å². The molecular formula is C11H16N2O3S. The van der Waals surface area contributed by atoms with Crippen molar-refractivity contribution in [3.8, 4) is 0 Å². The molecule has 0 bridgehead atoms. The van der Waals surface area contributed by atoms with Gasteiger partial charge in [-0.2, -0.15) is 0 Å². The predicted octanol–water partition coefficient (Wildman–Crippen LogP) is 0.646. The van der Waals surface area contributed by atoms with E-state index >= 15 is 0 Å². The van der Waals surface area contributed by atoms with Crippen LogP contribution in [-0.4, -0.2) is 27.2 Å². The first-order valence-electron chi connectivity index (χ1n) is 5.10. The van der Waals surface area contributed by atoms with Gasteiger partial charge in [0.15, 0.2) is 5.12 Å². The monoisotopic (exact) mass is 256 g/mol. The second-order valence-electron chi connectivity index (χ2n) is 3.58. The average molecular weight is 256 g/mol. The minimum atomic E-state index is -1.01. The van der Waals surface area contributed by atoms with E-state index in [2.05, 4.69) is 5.43 Å². The second kappa shape index (κ2) is 6.61. The summed E-state index contributed by atoms with van der Waals surface area (Å²) in [5.41, 5.74) is 3.77. The van der Waals surface area contributed by atoms with Gasteiger partial charge in [-0.1, -0.05) is 23.9 Å². The van der Waals surface area contributed by atoms with E-state index in [-0.39, 0.29) is 10.9 Å². The minimum Gasteiger partial charge on any atom is -0.389 e. The maximum atomic E-state index is 10.7. The standard InChI is InChI=1S/C11H16N2O3S/c1-7(14)17-6-10(15)11(16)8-2-4-9(13-12)5-3-8/h2-5,10-11,13,15-16H,6,12H2,1H3. The molecule has 17 heavy (non-hydrogen) atoms. The zero-order valence-corrected chi connectivity index (χ0v) is 10.3. The van der Waals surface area contributed by atoms with Crippen molar-refractivity contribution >= 4 is 22.6 Å². The van der Waals surface area contributed by atoms with Crippen LogP contribution < -0.4 is 11.3 Å². The third-order valence-electron chi connectivity index (χ3n) is 2.24. The van der Waals surface area contributed by atoms with Gasteiger partial charge in [-0.3, -0.25) is 10.6 Å². The summed E-state index contributed by atoms with van der Waals surface area (Å²) in [7, 11) is 0. The summed E-state index contributed by atoms with van der Waals surface area (Å²) in [6.45, 7) is 1.42. The van der Waals surface area contributed by atoms with Crippen LogP contribution in [0.4, 0.5) is 5.69 Å². The lowest BCUT2D eigenvalue weighted by Crippen LogP contribution is -2.21. The molecule has 2 unspecified atom stereocenters. The lowest BCUT2D eigenvalue weighted by Gasteiger charge is -2.17. The molecule has 94 valence electrons. The molecule has 0 aliphatic heterocycles. The first-order chi connectivity index (χ1) is 8.04. The van der Waals surface area contributed by atoms with Crippen molar-refractivity contribution in [2.75, 3.05) is 11.2 Å². The molecule has 0 aromatic heterocycles. The lowest BCUT2D eigenvalue weighted by atomic mass is 10.1. The zero-order chi connectivity index (χ0) is 12.8. The van der Waals surface area contributed by atoms with Crippen LogP contribution in [0.3, 0.4) is 0 Å². The highest BCUT2D eigenvalue weighted by molar-refractivity contribution is 8.13. The van der Waals surface area contributed by atoms with Crippen LogP contribution in [-0.2, 0) is 4.79 Å². The molecular weight excluding hydrogens is 240 g/mol. The van der Waals surface area contributed by atoms with Crippen molar-refractivity contribution < 1.29 is 15.0 Å². The quantitative estimate of drug-likeness (QED) is 0.456. The van der Waals surface area contributed by atoms with Gasteiger partial charge in [0.2, 0.25) is 0 Å². The second-order valence-corrected chi connectivity index (χ2v) is 4.78. The number of aliphatic hydroxyl groups excluding tert-OH is 2. The topological polar surface area (TPSA) is 95.6 Å². The molecule has 5 N–H and O–H groups in total. The Bertz CT molecular complexity index is 369. The molecule has 0 heterocycles. The van der Waals surface area contributed by atoms with Crippen LogP contribution >= 0.6 is 11.8 Å². The smallest absolute Gasteiger partial charge is 0.185 e. The summed E-state index contributed by atoms with van der Waals surface area (Å²) in [6, 6.07) is 6.73. The van der Waals surface area contributed by atoms with Crippen molar-refractivity contribution in [3.05, 3.63) is 29.8 Å². The summed E-state index contributed by atoms with van der Waals surface area (Å²) in [6.07, 6.45) is -1.98. The normalized spacial score (nSPS) is 14.1. The van der Waals surface area contributed by atoms with Crippen LogP contribution in [0.1, 0.15) is 18.6 Å². The third kappa shape index (κ3) is 4.35. The van der Waals surface area contributed by atoms with Gasteiger partial charge in [-0.05, 0) is 17.7 Å². The number of anilines is 1. The number of nitrogens with one attached hydrogen (secondary N) is 1. The van der Waals surface area contributed by atoms with Gasteiger partial charge in [-0.25, -0.2) is 0 Å². The Balaban J connectivity index is 2.60. The molecule has 0 radical (unpaired) electrons. The SMILES string of the molecule is CC(=O)SCC(O)C(O)c1ccc(NN)cc1. The molecule has 1 rings (SSSR count). The fourth-order valence-corrected chi connectivity index (χ4v) is 1.88. The van der Waals surface area contributed by atoms with Crippen molar-refractivity contribution in [1.29, 1.82) is 0 Å². The fourth-order valence-electron chi connectivity index (χ4n) is 1.29. The van der Waals surface area contributed by atoms with E-state index in [1.165, 1.54) is 6.92 Å². The average Bonchev–Trinajstić information content (AvgIpc) is 2.35. The molecule has 0 saturated heterocycles. The molecule has 0 amide bonds. The number of aliphatic hydroxyl groups is 2. The molecule has 1 aromatic rings. The maximum Gasteiger partial charge on any atom is 0.185 e. The van der Waals surface area contributed by atoms with Crippen LogP contribution in [0, 0.1) is 0 Å². The van der Waals surface area contributed by atoms with Gasteiger partial charge in [0, 0.05) is 18.4 Å². The molecule has 0 aliphatic carbocycles. The first kappa shape index (κ1) is 14.0. The highest BCUT2D eigenvalue weighted by Gasteiger charge is 2.18. The molecule has 5 nitrogen and oxygen atoms in total. The van der Waals surface area contributed by atoms with Gasteiger partial charge >= 0.3 is 0 Å². The zero-order valence-electron chi connectivity index (χ0n) is 9.46. The largest absolute Gasteiger partial charge is 0.389 e. The van der Waals surface area contributed by atoms with Gasteiger partial charge in [0.25, 0.3) is 0 Å². The number of carbonyl (C=O) groups excluding carboxylic acids is 1. The number of thioether (sulfide) groups is 1. The Morgan fingerprint density at radius 2 is 2.00 bits per heavy atom. The summed E-state index contributed by atoms with van der Waals surface area (Å²) < 4.78 is 0. The molecule has 2 atom stereocenters. The Morgan fingerprint density at radius 1 is 1.41 bits per heavy atom. The van der Waals surface area contributed by atoms with Crippen molar-refractivity contribution in [2.45, 2.75) is 19.1 Å². The fraction of sp³-hybridized carbons (Fsp3) is 0.364. The number of benzene rings is 1. The number of rotatable bonds is 5. The predicted molar refractivity (Wildman–Crippen MR) is 68.4 cm³/mol. The van der Waals surface area contributed by atoms with Crippen molar-refractivity contribution in [3.63, 3.8) is 0 Å². The van der Waals surface area contributed by atoms with E-state index in [0.29, 0.717) is 11.3 Å². The molecule has 6 heteroatoms. The van der Waals surface area contributed by atoms with Gasteiger partial charge in [0.05, 0.1) is 6.10 Å². The van der Waals surface area contributed by atoms with E-state index in [4.69, 9.17) is 5.84 Å². The van der Waals surface area contributed by atoms with Crippen LogP contribution in [0.15, 0.2) is 24.3 Å². The van der Waals surface area contributed by atoms with E-state index in [0.717, 1.165) is 11.8 Å². The molecule has 0 saturated carbocycles. The van der Waals surface area contributed by atoms with Crippen molar-refractivity contribution in [2.24, 2.45) is 5.84 Å². The number of hydrogen-bond acceptors (Lipinski definition) is 6. The van der Waals surface area contributed by atoms with Gasteiger partial charge in [-0.15, -0.1) is 0 Å². The van der Waals surface area contributed by atoms with Gasteiger partial charge < -0.3 is 15.6 Å². The molecule has 0 spiro atoms. The number of carbonyl (C=O) groups is 1. The highest BCUT2D eigenvalue weighted by Crippen LogP contribution is 2.21. The Morgan fingerprint density at radius 3 is 2.47 bits per heavy atom. The minimum absolute atomic E-state index is 0.0843. The van der Waals surface area contributed by atoms with Gasteiger partial charge in [0.1, 0.15) is 6.10 Å². The number of hydrogen-bond donors (Lipinski definition) is 4. The maximum absolute atomic E-state index is 10.7. The summed E-state index contributed by atoms with van der Waals surface area (Å²) in [5, 5.41) is 19.4. The van der Waals surface area contributed by atoms with Crippen LogP contribution in [0.2, 0.25) is 0 Å². The highest BCUT2D eigenvalue weighted by atomic mass is 32.2. The lowest BCUT2D eigenvalue weighted by molar-refractivity contribution is -0.109. The summed E-state index contributed by atoms with van der Waals surface area (Å²) in [4.78, 5) is 10.7. The Hall–Kier alpha value is -1.08. The summed E-state index contributed by atoms with van der Waals surface area (Å²) >= 11 is 0.989. The van der Waals surface area contributed by atoms with E-state index in [1.807, 2.05) is 0 Å². The van der Waals surface area contributed by atoms with E-state index in [9.17, 15) is 15.0 Å². The molecule has 0 fully saturated rings. The number of hydrazine groups is 1. The molecule has 0 aliphatic rings. The number of nitrogens with two attached hydrogens (primary N) is 1. The Labute approximate surface area is 104 Å². The van der Waals surface area contributed by atoms with Crippen LogP contribution in [0.25, 0.3) is 0 Å². The van der Waals surface area contributed by atoms with Crippen LogP contribution in [0.5, 0.6) is 0 Å². The van der Waals surface area contributed by atoms with E-state index < -0.39 is 12.2 Å². The van der Waals surface area contributed by atoms with E-state index in [1.54, 1.807) is 24.3 Å². The molecule has 1 aromatic carbocycles. The summed E-state index contributed by atoms with van der Waals surface area (Å²) in [5.74, 6) is 5.39. The Kier molecular flexibility index (Phi) is 5.43. The first-order valence-corrected chi connectivity index (χ1v) is 6.09.